The lowest BCUT2D eigenvalue weighted by molar-refractivity contribution is -0.121. The van der Waals surface area contributed by atoms with Crippen molar-refractivity contribution in [3.05, 3.63) is 11.6 Å². The molecule has 0 fully saturated rings. The Morgan fingerprint density at radius 1 is 1.70 bits per heavy atom. The molecule has 0 N–H and O–H groups in total. The van der Waals surface area contributed by atoms with Crippen LogP contribution in [0.25, 0.3) is 0 Å². The van der Waals surface area contributed by atoms with E-state index < -0.39 is 0 Å². The number of hydrogen-bond acceptors (Lipinski definition) is 2. The quantitative estimate of drug-likeness (QED) is 0.504. The predicted octanol–water partition coefficient (Wildman–Crippen LogP) is 1.44. The van der Waals surface area contributed by atoms with Gasteiger partial charge in [-0.25, -0.2) is 0 Å². The molecule has 1 aliphatic carbocycles. The van der Waals surface area contributed by atoms with Gasteiger partial charge in [0.15, 0.2) is 5.78 Å². The van der Waals surface area contributed by atoms with E-state index >= 15 is 0 Å². The largest absolute Gasteiger partial charge is 0.293 e. The highest BCUT2D eigenvalue weighted by Crippen LogP contribution is 2.32. The number of ketones is 1. The fourth-order valence-electron chi connectivity index (χ4n) is 1.00. The maximum Gasteiger partial charge on any atom is 0.178 e. The Morgan fingerprint density at radius 2 is 2.30 bits per heavy atom. The van der Waals surface area contributed by atoms with Gasteiger partial charge >= 0.3 is 0 Å². The third-order valence-corrected chi connectivity index (χ3v) is 1.80. The summed E-state index contributed by atoms with van der Waals surface area (Å²) < 4.78 is 0. The standard InChI is InChI=1S/C8H9NO/c1-8(2)4-3-6(5-9)7(8)10/h3H,4H2,1-2H3. The summed E-state index contributed by atoms with van der Waals surface area (Å²) in [5.74, 6) is -0.0185. The van der Waals surface area contributed by atoms with E-state index in [0.717, 1.165) is 0 Å². The van der Waals surface area contributed by atoms with Gasteiger partial charge in [-0.2, -0.15) is 5.26 Å². The Labute approximate surface area is 60.2 Å². The van der Waals surface area contributed by atoms with Crippen molar-refractivity contribution in [1.29, 1.82) is 5.26 Å². The van der Waals surface area contributed by atoms with E-state index in [1.54, 1.807) is 6.08 Å². The van der Waals surface area contributed by atoms with Gasteiger partial charge in [0.1, 0.15) is 6.07 Å². The van der Waals surface area contributed by atoms with Crippen molar-refractivity contribution >= 4 is 5.78 Å². The van der Waals surface area contributed by atoms with E-state index in [1.807, 2.05) is 19.9 Å². The monoisotopic (exact) mass is 135 g/mol. The van der Waals surface area contributed by atoms with Gasteiger partial charge in [0, 0.05) is 5.41 Å². The van der Waals surface area contributed by atoms with E-state index in [1.165, 1.54) is 0 Å². The van der Waals surface area contributed by atoms with Gasteiger partial charge in [0.05, 0.1) is 5.57 Å². The molecule has 0 unspecified atom stereocenters. The average molecular weight is 135 g/mol. The van der Waals surface area contributed by atoms with Crippen LogP contribution in [-0.2, 0) is 4.79 Å². The van der Waals surface area contributed by atoms with Crippen LogP contribution >= 0.6 is 0 Å². The van der Waals surface area contributed by atoms with Gasteiger partial charge in [0.2, 0.25) is 0 Å². The second kappa shape index (κ2) is 1.95. The molecule has 2 nitrogen and oxygen atoms in total. The van der Waals surface area contributed by atoms with Crippen LogP contribution < -0.4 is 0 Å². The van der Waals surface area contributed by atoms with Crippen molar-refractivity contribution in [3.8, 4) is 6.07 Å². The lowest BCUT2D eigenvalue weighted by Crippen LogP contribution is -2.18. The Kier molecular flexibility index (Phi) is 1.37. The van der Waals surface area contributed by atoms with Crippen molar-refractivity contribution in [1.82, 2.24) is 0 Å². The van der Waals surface area contributed by atoms with Crippen molar-refractivity contribution < 1.29 is 4.79 Å². The number of carbonyl (C=O) groups excluding carboxylic acids is 1. The van der Waals surface area contributed by atoms with Crippen molar-refractivity contribution in [2.45, 2.75) is 20.3 Å². The molecule has 0 bridgehead atoms. The SMILES string of the molecule is CC1(C)CC=C(C#N)C1=O. The summed E-state index contributed by atoms with van der Waals surface area (Å²) in [6, 6.07) is 1.88. The zero-order chi connectivity index (χ0) is 7.78. The molecule has 0 spiro atoms. The zero-order valence-corrected chi connectivity index (χ0v) is 6.14. The Hall–Kier alpha value is -1.10. The molecular weight excluding hydrogens is 126 g/mol. The molecule has 0 heterocycles. The number of carbonyl (C=O) groups is 1. The molecule has 52 valence electrons. The van der Waals surface area contributed by atoms with Crippen LogP contribution in [0.1, 0.15) is 20.3 Å². The number of nitriles is 1. The fourth-order valence-corrected chi connectivity index (χ4v) is 1.00. The van der Waals surface area contributed by atoms with Crippen molar-refractivity contribution in [2.75, 3.05) is 0 Å². The van der Waals surface area contributed by atoms with Gasteiger partial charge in [-0.1, -0.05) is 19.9 Å². The number of allylic oxidation sites excluding steroid dienone is 2. The maximum atomic E-state index is 11.2. The summed E-state index contributed by atoms with van der Waals surface area (Å²) in [5.41, 5.74) is -0.00424. The maximum absolute atomic E-state index is 11.2. The first-order valence-corrected chi connectivity index (χ1v) is 3.23. The molecule has 0 saturated carbocycles. The first-order chi connectivity index (χ1) is 4.58. The molecule has 0 aromatic heterocycles. The number of Topliss-reactive ketones (excluding diaryl/α,β-unsaturated/α-hetero) is 1. The molecule has 0 atom stereocenters. The highest BCUT2D eigenvalue weighted by atomic mass is 16.1. The van der Waals surface area contributed by atoms with E-state index in [0.29, 0.717) is 12.0 Å². The normalized spacial score (nSPS) is 22.1. The van der Waals surface area contributed by atoms with Gasteiger partial charge in [-0.05, 0) is 6.42 Å². The lowest BCUT2D eigenvalue weighted by atomic mass is 9.88. The third kappa shape index (κ3) is 0.841. The molecule has 0 aromatic rings. The Balaban J connectivity index is 2.93. The average Bonchev–Trinajstić information content (AvgIpc) is 2.10. The smallest absolute Gasteiger partial charge is 0.178 e. The molecule has 1 aliphatic rings. The number of hydrogen-bond donors (Lipinski definition) is 0. The van der Waals surface area contributed by atoms with Gasteiger partial charge in [-0.15, -0.1) is 0 Å². The highest BCUT2D eigenvalue weighted by Gasteiger charge is 2.34. The lowest BCUT2D eigenvalue weighted by Gasteiger charge is -2.12. The van der Waals surface area contributed by atoms with E-state index in [4.69, 9.17) is 5.26 Å². The van der Waals surface area contributed by atoms with Crippen LogP contribution in [0, 0.1) is 16.7 Å². The minimum atomic E-state index is -0.328. The van der Waals surface area contributed by atoms with E-state index in [-0.39, 0.29) is 11.2 Å². The van der Waals surface area contributed by atoms with Crippen LogP contribution in [0.4, 0.5) is 0 Å². The number of rotatable bonds is 0. The summed E-state index contributed by atoms with van der Waals surface area (Å²) in [5, 5.41) is 8.43. The van der Waals surface area contributed by atoms with Gasteiger partial charge in [-0.3, -0.25) is 4.79 Å². The van der Waals surface area contributed by atoms with Crippen LogP contribution in [0.2, 0.25) is 0 Å². The molecule has 0 aromatic carbocycles. The van der Waals surface area contributed by atoms with Crippen molar-refractivity contribution in [2.24, 2.45) is 5.41 Å². The minimum absolute atomic E-state index is 0.0185. The summed E-state index contributed by atoms with van der Waals surface area (Å²) >= 11 is 0. The Morgan fingerprint density at radius 3 is 2.50 bits per heavy atom. The summed E-state index contributed by atoms with van der Waals surface area (Å²) in [7, 11) is 0. The van der Waals surface area contributed by atoms with E-state index in [2.05, 4.69) is 0 Å². The molecule has 0 aliphatic heterocycles. The topological polar surface area (TPSA) is 40.9 Å². The summed E-state index contributed by atoms with van der Waals surface area (Å²) in [4.78, 5) is 11.2. The van der Waals surface area contributed by atoms with Crippen LogP contribution in [0.5, 0.6) is 0 Å². The summed E-state index contributed by atoms with van der Waals surface area (Å²) in [6.45, 7) is 3.71. The van der Waals surface area contributed by atoms with E-state index in [9.17, 15) is 4.79 Å². The molecule has 10 heavy (non-hydrogen) atoms. The first kappa shape index (κ1) is 7.01. The minimum Gasteiger partial charge on any atom is -0.293 e. The fraction of sp³-hybridized carbons (Fsp3) is 0.500. The van der Waals surface area contributed by atoms with Crippen LogP contribution in [-0.4, -0.2) is 5.78 Å². The van der Waals surface area contributed by atoms with Crippen LogP contribution in [0.3, 0.4) is 0 Å². The third-order valence-electron chi connectivity index (χ3n) is 1.80. The highest BCUT2D eigenvalue weighted by molar-refractivity contribution is 6.04. The Bertz CT molecular complexity index is 242. The van der Waals surface area contributed by atoms with Crippen molar-refractivity contribution in [3.63, 3.8) is 0 Å². The molecule has 0 saturated heterocycles. The van der Waals surface area contributed by atoms with Gasteiger partial charge in [0.25, 0.3) is 0 Å². The first-order valence-electron chi connectivity index (χ1n) is 3.23. The number of nitrogens with zero attached hydrogens (tertiary/aromatic N) is 1. The summed E-state index contributed by atoms with van der Waals surface area (Å²) in [6.07, 6.45) is 2.41. The molecule has 2 heteroatoms. The second-order valence-corrected chi connectivity index (χ2v) is 3.15. The van der Waals surface area contributed by atoms with Crippen LogP contribution in [0.15, 0.2) is 11.6 Å². The molecule has 1 rings (SSSR count). The zero-order valence-electron chi connectivity index (χ0n) is 6.14. The van der Waals surface area contributed by atoms with Gasteiger partial charge < -0.3 is 0 Å². The molecule has 0 amide bonds. The molecule has 0 radical (unpaired) electrons. The predicted molar refractivity (Wildman–Crippen MR) is 37.1 cm³/mol. The second-order valence-electron chi connectivity index (χ2n) is 3.15. The molecular formula is C8H9NO.